The summed E-state index contributed by atoms with van der Waals surface area (Å²) < 4.78 is 4.50. The molecule has 2 N–H and O–H groups in total. The minimum absolute atomic E-state index is 0.445. The highest BCUT2D eigenvalue weighted by atomic mass is 35.5. The van der Waals surface area contributed by atoms with Crippen LogP contribution in [0.25, 0.3) is 10.6 Å². The summed E-state index contributed by atoms with van der Waals surface area (Å²) in [6.45, 7) is 19.0. The lowest BCUT2D eigenvalue weighted by Crippen LogP contribution is -2.29. The lowest BCUT2D eigenvalue weighted by Gasteiger charge is -2.27. The van der Waals surface area contributed by atoms with Crippen molar-refractivity contribution in [1.29, 1.82) is 0 Å². The number of rotatable bonds is 6. The van der Waals surface area contributed by atoms with Crippen molar-refractivity contribution < 1.29 is 0 Å². The summed E-state index contributed by atoms with van der Waals surface area (Å²) in [5.41, 5.74) is 9.49. The Hall–Kier alpha value is -1.76. The fraction of sp³-hybridized carbons (Fsp3) is 0.607. The molecule has 3 rings (SSSR count). The van der Waals surface area contributed by atoms with E-state index >= 15 is 0 Å². The van der Waals surface area contributed by atoms with Crippen molar-refractivity contribution in [2.75, 3.05) is 25.9 Å². The van der Waals surface area contributed by atoms with Crippen LogP contribution in [-0.2, 0) is 0 Å². The number of hydrogen-bond donors (Lipinski definition) is 1. The number of halogens is 1. The monoisotopic (exact) mass is 521 g/mol. The van der Waals surface area contributed by atoms with Crippen LogP contribution in [0.5, 0.6) is 0 Å². The molecule has 2 aromatic heterocycles. The summed E-state index contributed by atoms with van der Waals surface area (Å²) in [7, 11) is 2.15. The lowest BCUT2D eigenvalue weighted by atomic mass is 9.96. The molecule has 1 saturated heterocycles. The maximum atomic E-state index is 6.16. The molecule has 0 aliphatic carbocycles. The number of hydrogen-bond acceptors (Lipinski definition) is 6. The number of piperidine rings is 1. The number of anilines is 1. The first-order valence-electron chi connectivity index (χ1n) is 13.1. The SMILES string of the molecule is CC.CC.CC/C=C\C(CCC)=C(C)C.CN1CCC(c2nsc(-c3cc(N)ncc3Cl)n2)CC1. The van der Waals surface area contributed by atoms with Gasteiger partial charge in [0.05, 0.1) is 5.02 Å². The molecule has 35 heavy (non-hydrogen) atoms. The summed E-state index contributed by atoms with van der Waals surface area (Å²) in [6.07, 6.45) is 11.9. The summed E-state index contributed by atoms with van der Waals surface area (Å²) in [5.74, 6) is 1.83. The molecular formula is C28H48ClN5S. The molecule has 0 unspecified atom stereocenters. The molecule has 5 nitrogen and oxygen atoms in total. The standard InChI is InChI=1S/C13H16ClN5S.C11H20.2C2H6/c1-19-4-2-8(3-5-19)12-17-13(20-18-12)9-6-11(15)16-7-10(9)14;1-5-7-9-11(8-6-2)10(3)4;2*1-2/h6-8H,2-5H2,1H3,(H2,15,16);7,9H,5-6,8H2,1-4H3;2*1-2H3/b;9-7-;;. The molecule has 0 aromatic carbocycles. The molecule has 1 fully saturated rings. The minimum Gasteiger partial charge on any atom is -0.384 e. The van der Waals surface area contributed by atoms with Gasteiger partial charge in [-0.3, -0.25) is 0 Å². The van der Waals surface area contributed by atoms with Gasteiger partial charge in [0, 0.05) is 17.7 Å². The van der Waals surface area contributed by atoms with Crippen LogP contribution in [0.15, 0.2) is 35.6 Å². The average molecular weight is 522 g/mol. The second kappa shape index (κ2) is 19.4. The number of likely N-dealkylation sites (tertiary alicyclic amines) is 1. The van der Waals surface area contributed by atoms with Crippen LogP contribution >= 0.6 is 23.1 Å². The van der Waals surface area contributed by atoms with Gasteiger partial charge in [-0.05, 0) is 82.8 Å². The van der Waals surface area contributed by atoms with Crippen molar-refractivity contribution in [1.82, 2.24) is 19.2 Å². The predicted molar refractivity (Wildman–Crippen MR) is 157 cm³/mol. The molecule has 0 saturated carbocycles. The van der Waals surface area contributed by atoms with Crippen LogP contribution in [0.1, 0.15) is 99.2 Å². The van der Waals surface area contributed by atoms with Crippen molar-refractivity contribution in [3.63, 3.8) is 0 Å². The fourth-order valence-electron chi connectivity index (χ4n) is 3.43. The molecule has 0 spiro atoms. The van der Waals surface area contributed by atoms with Gasteiger partial charge in [0.1, 0.15) is 16.6 Å². The van der Waals surface area contributed by atoms with Gasteiger partial charge in [-0.1, -0.05) is 77.3 Å². The molecular weight excluding hydrogens is 474 g/mol. The quantitative estimate of drug-likeness (QED) is 0.384. The maximum Gasteiger partial charge on any atom is 0.146 e. The van der Waals surface area contributed by atoms with Crippen LogP contribution < -0.4 is 5.73 Å². The first kappa shape index (κ1) is 33.2. The third-order valence-corrected chi connectivity index (χ3v) is 6.41. The van der Waals surface area contributed by atoms with E-state index in [1.165, 1.54) is 35.5 Å². The smallest absolute Gasteiger partial charge is 0.146 e. The third kappa shape index (κ3) is 12.2. The maximum absolute atomic E-state index is 6.16. The van der Waals surface area contributed by atoms with E-state index in [0.717, 1.165) is 48.7 Å². The second-order valence-corrected chi connectivity index (χ2v) is 9.37. The lowest BCUT2D eigenvalue weighted by molar-refractivity contribution is 0.252. The number of aromatic nitrogens is 3. The van der Waals surface area contributed by atoms with Crippen LogP contribution in [0.3, 0.4) is 0 Å². The Morgan fingerprint density at radius 2 is 1.80 bits per heavy atom. The van der Waals surface area contributed by atoms with E-state index in [4.69, 9.17) is 17.3 Å². The van der Waals surface area contributed by atoms with E-state index in [9.17, 15) is 0 Å². The minimum atomic E-state index is 0.445. The normalized spacial score (nSPS) is 13.7. The van der Waals surface area contributed by atoms with E-state index < -0.39 is 0 Å². The molecule has 198 valence electrons. The van der Waals surface area contributed by atoms with Crippen molar-refractivity contribution >= 4 is 29.0 Å². The molecule has 0 bridgehead atoms. The van der Waals surface area contributed by atoms with Gasteiger partial charge in [-0.2, -0.15) is 4.37 Å². The Kier molecular flexibility index (Phi) is 18.5. The first-order valence-corrected chi connectivity index (χ1v) is 14.3. The van der Waals surface area contributed by atoms with E-state index in [0.29, 0.717) is 16.8 Å². The molecule has 1 aliphatic rings. The Labute approximate surface area is 224 Å². The highest BCUT2D eigenvalue weighted by Gasteiger charge is 2.22. The summed E-state index contributed by atoms with van der Waals surface area (Å²) in [4.78, 5) is 11.0. The average Bonchev–Trinajstić information content (AvgIpc) is 3.36. The van der Waals surface area contributed by atoms with Gasteiger partial charge in [0.2, 0.25) is 0 Å². The van der Waals surface area contributed by atoms with E-state index in [2.05, 4.69) is 66.1 Å². The molecule has 1 aliphatic heterocycles. The largest absolute Gasteiger partial charge is 0.384 e. The van der Waals surface area contributed by atoms with Crippen LogP contribution in [0.4, 0.5) is 5.82 Å². The zero-order valence-corrected chi connectivity index (χ0v) is 25.1. The van der Waals surface area contributed by atoms with Crippen LogP contribution in [-0.4, -0.2) is 39.4 Å². The Morgan fingerprint density at radius 3 is 2.34 bits per heavy atom. The summed E-state index contributed by atoms with van der Waals surface area (Å²) >= 11 is 7.54. The highest BCUT2D eigenvalue weighted by Crippen LogP contribution is 2.33. The van der Waals surface area contributed by atoms with Crippen molar-refractivity contribution in [3.8, 4) is 10.6 Å². The van der Waals surface area contributed by atoms with E-state index in [1.807, 2.05) is 27.7 Å². The summed E-state index contributed by atoms with van der Waals surface area (Å²) in [5, 5.41) is 1.38. The van der Waals surface area contributed by atoms with E-state index in [1.54, 1.807) is 12.3 Å². The number of allylic oxidation sites excluding steroid dienone is 4. The van der Waals surface area contributed by atoms with Crippen molar-refractivity contribution in [3.05, 3.63) is 46.4 Å². The zero-order valence-electron chi connectivity index (χ0n) is 23.5. The number of nitrogens with two attached hydrogens (primary N) is 1. The van der Waals surface area contributed by atoms with Gasteiger partial charge in [0.25, 0.3) is 0 Å². The Bertz CT molecular complexity index is 879. The second-order valence-electron chi connectivity index (χ2n) is 8.21. The molecule has 0 amide bonds. The van der Waals surface area contributed by atoms with E-state index in [-0.39, 0.29) is 0 Å². The zero-order chi connectivity index (χ0) is 26.8. The molecule has 3 heterocycles. The molecule has 2 aromatic rings. The van der Waals surface area contributed by atoms with Crippen LogP contribution in [0, 0.1) is 0 Å². The molecule has 7 heteroatoms. The van der Waals surface area contributed by atoms with Crippen LogP contribution in [0.2, 0.25) is 5.02 Å². The topological polar surface area (TPSA) is 67.9 Å². The predicted octanol–water partition coefficient (Wildman–Crippen LogP) is 8.79. The number of nitrogen functional groups attached to an aromatic ring is 1. The highest BCUT2D eigenvalue weighted by molar-refractivity contribution is 7.09. The van der Waals surface area contributed by atoms with Gasteiger partial charge >= 0.3 is 0 Å². The van der Waals surface area contributed by atoms with Crippen molar-refractivity contribution in [2.45, 2.75) is 93.4 Å². The fourth-order valence-corrected chi connectivity index (χ4v) is 4.45. The molecule has 0 radical (unpaired) electrons. The van der Waals surface area contributed by atoms with Gasteiger partial charge in [-0.15, -0.1) is 0 Å². The first-order chi connectivity index (χ1) is 16.8. The van der Waals surface area contributed by atoms with Gasteiger partial charge in [0.15, 0.2) is 0 Å². The Balaban J connectivity index is 0.000000661. The number of pyridine rings is 1. The van der Waals surface area contributed by atoms with Gasteiger partial charge in [-0.25, -0.2) is 9.97 Å². The van der Waals surface area contributed by atoms with Gasteiger partial charge < -0.3 is 10.6 Å². The molecule has 0 atom stereocenters. The number of nitrogens with zero attached hydrogens (tertiary/aromatic N) is 4. The summed E-state index contributed by atoms with van der Waals surface area (Å²) in [6, 6.07) is 1.75. The third-order valence-electron chi connectivity index (χ3n) is 5.35. The Morgan fingerprint density at radius 1 is 1.17 bits per heavy atom. The van der Waals surface area contributed by atoms with Crippen molar-refractivity contribution in [2.24, 2.45) is 0 Å².